The number of rotatable bonds is 5. The SMILES string of the molecule is O=[N+]([O-])c1ccc(C=Nc2ccc(Oc3ccccc3)cc2)cc1. The standard InChI is InChI=1S/C19H14N2O3/c22-21(23)17-10-6-15(7-11-17)14-20-16-8-12-19(13-9-16)24-18-4-2-1-3-5-18/h1-14H. The first-order valence-corrected chi connectivity index (χ1v) is 7.32. The van der Waals surface area contributed by atoms with Crippen LogP contribution in [-0.4, -0.2) is 11.1 Å². The molecular weight excluding hydrogens is 304 g/mol. The second kappa shape index (κ2) is 7.19. The van der Waals surface area contributed by atoms with Crippen molar-refractivity contribution in [1.82, 2.24) is 0 Å². The van der Waals surface area contributed by atoms with Crippen molar-refractivity contribution in [3.63, 3.8) is 0 Å². The van der Waals surface area contributed by atoms with Gasteiger partial charge in [0.05, 0.1) is 10.6 Å². The molecule has 0 heterocycles. The van der Waals surface area contributed by atoms with E-state index in [0.29, 0.717) is 0 Å². The Balaban J connectivity index is 1.66. The van der Waals surface area contributed by atoms with Gasteiger partial charge in [-0.2, -0.15) is 0 Å². The lowest BCUT2D eigenvalue weighted by atomic mass is 10.2. The van der Waals surface area contributed by atoms with Crippen molar-refractivity contribution in [1.29, 1.82) is 0 Å². The second-order valence-electron chi connectivity index (χ2n) is 5.02. The summed E-state index contributed by atoms with van der Waals surface area (Å²) in [5.41, 5.74) is 1.63. The maximum Gasteiger partial charge on any atom is 0.269 e. The molecule has 3 aromatic rings. The number of benzene rings is 3. The molecule has 0 unspecified atom stereocenters. The van der Waals surface area contributed by atoms with Gasteiger partial charge in [-0.05, 0) is 54.1 Å². The lowest BCUT2D eigenvalue weighted by Crippen LogP contribution is -1.88. The van der Waals surface area contributed by atoms with Crippen molar-refractivity contribution in [2.75, 3.05) is 0 Å². The molecule has 0 atom stereocenters. The van der Waals surface area contributed by atoms with Gasteiger partial charge in [0, 0.05) is 18.3 Å². The summed E-state index contributed by atoms with van der Waals surface area (Å²) in [7, 11) is 0. The van der Waals surface area contributed by atoms with Crippen LogP contribution in [0.5, 0.6) is 11.5 Å². The maximum absolute atomic E-state index is 10.6. The molecular formula is C19H14N2O3. The molecule has 0 amide bonds. The topological polar surface area (TPSA) is 64.7 Å². The number of hydrogen-bond acceptors (Lipinski definition) is 4. The zero-order chi connectivity index (χ0) is 16.8. The summed E-state index contributed by atoms with van der Waals surface area (Å²) in [6, 6.07) is 23.2. The highest BCUT2D eigenvalue weighted by Crippen LogP contribution is 2.23. The van der Waals surface area contributed by atoms with Crippen molar-refractivity contribution >= 4 is 17.6 Å². The van der Waals surface area contributed by atoms with Crippen LogP contribution in [0.2, 0.25) is 0 Å². The minimum Gasteiger partial charge on any atom is -0.457 e. The predicted octanol–water partition coefficient (Wildman–Crippen LogP) is 5.14. The average Bonchev–Trinajstić information content (AvgIpc) is 2.62. The molecule has 0 aliphatic rings. The van der Waals surface area contributed by atoms with Gasteiger partial charge in [-0.3, -0.25) is 15.1 Å². The molecule has 5 heteroatoms. The van der Waals surface area contributed by atoms with Gasteiger partial charge in [0.2, 0.25) is 0 Å². The molecule has 0 aliphatic carbocycles. The zero-order valence-corrected chi connectivity index (χ0v) is 12.7. The van der Waals surface area contributed by atoms with Gasteiger partial charge in [0.1, 0.15) is 11.5 Å². The number of nitro groups is 1. The number of non-ortho nitro benzene ring substituents is 1. The van der Waals surface area contributed by atoms with Crippen molar-refractivity contribution < 1.29 is 9.66 Å². The third-order valence-electron chi connectivity index (χ3n) is 3.28. The van der Waals surface area contributed by atoms with Gasteiger partial charge in [0.15, 0.2) is 0 Å². The monoisotopic (exact) mass is 318 g/mol. The third kappa shape index (κ3) is 4.04. The number of ether oxygens (including phenoxy) is 1. The van der Waals surface area contributed by atoms with Crippen LogP contribution in [0.1, 0.15) is 5.56 Å². The van der Waals surface area contributed by atoms with Crippen LogP contribution in [0.25, 0.3) is 0 Å². The zero-order valence-electron chi connectivity index (χ0n) is 12.7. The van der Waals surface area contributed by atoms with E-state index in [1.165, 1.54) is 12.1 Å². The average molecular weight is 318 g/mol. The summed E-state index contributed by atoms with van der Waals surface area (Å²) in [6.45, 7) is 0. The quantitative estimate of drug-likeness (QED) is 0.372. The normalized spacial score (nSPS) is 10.7. The summed E-state index contributed by atoms with van der Waals surface area (Å²) < 4.78 is 5.72. The molecule has 0 saturated carbocycles. The van der Waals surface area contributed by atoms with Gasteiger partial charge >= 0.3 is 0 Å². The molecule has 3 aromatic carbocycles. The minimum atomic E-state index is -0.424. The Kier molecular flexibility index (Phi) is 4.62. The van der Waals surface area contributed by atoms with E-state index in [4.69, 9.17) is 4.74 Å². The van der Waals surface area contributed by atoms with Crippen LogP contribution in [-0.2, 0) is 0 Å². The number of nitro benzene ring substituents is 1. The second-order valence-corrected chi connectivity index (χ2v) is 5.02. The summed E-state index contributed by atoms with van der Waals surface area (Å²) in [5.74, 6) is 1.51. The van der Waals surface area contributed by atoms with E-state index in [9.17, 15) is 10.1 Å². The fourth-order valence-electron chi connectivity index (χ4n) is 2.06. The predicted molar refractivity (Wildman–Crippen MR) is 93.3 cm³/mol. The van der Waals surface area contributed by atoms with Crippen LogP contribution in [0.3, 0.4) is 0 Å². The molecule has 0 aliphatic heterocycles. The fourth-order valence-corrected chi connectivity index (χ4v) is 2.06. The summed E-state index contributed by atoms with van der Waals surface area (Å²) >= 11 is 0. The largest absolute Gasteiger partial charge is 0.457 e. The highest BCUT2D eigenvalue weighted by atomic mass is 16.6. The molecule has 0 bridgehead atoms. The first-order valence-electron chi connectivity index (χ1n) is 7.32. The summed E-state index contributed by atoms with van der Waals surface area (Å²) in [4.78, 5) is 14.5. The van der Waals surface area contributed by atoms with Crippen LogP contribution >= 0.6 is 0 Å². The molecule has 0 saturated heterocycles. The molecule has 24 heavy (non-hydrogen) atoms. The van der Waals surface area contributed by atoms with Gasteiger partial charge in [-0.1, -0.05) is 18.2 Å². The smallest absolute Gasteiger partial charge is 0.269 e. The lowest BCUT2D eigenvalue weighted by Gasteiger charge is -2.05. The van der Waals surface area contributed by atoms with Crippen LogP contribution < -0.4 is 4.74 Å². The van der Waals surface area contributed by atoms with E-state index in [0.717, 1.165) is 22.7 Å². The van der Waals surface area contributed by atoms with Crippen molar-refractivity contribution in [3.8, 4) is 11.5 Å². The minimum absolute atomic E-state index is 0.0644. The molecule has 118 valence electrons. The molecule has 0 radical (unpaired) electrons. The summed E-state index contributed by atoms with van der Waals surface area (Å²) in [6.07, 6.45) is 1.66. The van der Waals surface area contributed by atoms with Crippen LogP contribution in [0.4, 0.5) is 11.4 Å². The molecule has 0 fully saturated rings. The Morgan fingerprint density at radius 1 is 0.833 bits per heavy atom. The van der Waals surface area contributed by atoms with Gasteiger partial charge in [-0.25, -0.2) is 0 Å². The molecule has 3 rings (SSSR count). The molecule has 5 nitrogen and oxygen atoms in total. The number of nitrogens with zero attached hydrogens (tertiary/aromatic N) is 2. The Bertz CT molecular complexity index is 842. The van der Waals surface area contributed by atoms with Crippen molar-refractivity contribution in [2.45, 2.75) is 0 Å². The Labute approximate surface area is 139 Å². The lowest BCUT2D eigenvalue weighted by molar-refractivity contribution is -0.384. The van der Waals surface area contributed by atoms with E-state index in [1.807, 2.05) is 54.6 Å². The van der Waals surface area contributed by atoms with E-state index >= 15 is 0 Å². The van der Waals surface area contributed by atoms with Gasteiger partial charge in [-0.15, -0.1) is 0 Å². The van der Waals surface area contributed by atoms with Gasteiger partial charge < -0.3 is 4.74 Å². The van der Waals surface area contributed by atoms with Crippen LogP contribution in [0, 0.1) is 10.1 Å². The van der Waals surface area contributed by atoms with E-state index in [1.54, 1.807) is 18.3 Å². The van der Waals surface area contributed by atoms with E-state index in [-0.39, 0.29) is 5.69 Å². The Morgan fingerprint density at radius 3 is 2.08 bits per heavy atom. The first kappa shape index (κ1) is 15.4. The maximum atomic E-state index is 10.6. The van der Waals surface area contributed by atoms with E-state index in [2.05, 4.69) is 4.99 Å². The third-order valence-corrected chi connectivity index (χ3v) is 3.28. The van der Waals surface area contributed by atoms with E-state index < -0.39 is 4.92 Å². The summed E-state index contributed by atoms with van der Waals surface area (Å²) in [5, 5.41) is 10.6. The first-order chi connectivity index (χ1) is 11.7. The number of hydrogen-bond donors (Lipinski definition) is 0. The number of para-hydroxylation sites is 1. The molecule has 0 spiro atoms. The van der Waals surface area contributed by atoms with Gasteiger partial charge in [0.25, 0.3) is 5.69 Å². The van der Waals surface area contributed by atoms with Crippen LogP contribution in [0.15, 0.2) is 83.9 Å². The van der Waals surface area contributed by atoms with Crippen molar-refractivity contribution in [3.05, 3.63) is 94.5 Å². The number of aliphatic imine (C=N–C) groups is 1. The highest BCUT2D eigenvalue weighted by Gasteiger charge is 2.02. The van der Waals surface area contributed by atoms with Crippen molar-refractivity contribution in [2.24, 2.45) is 4.99 Å². The highest BCUT2D eigenvalue weighted by molar-refractivity contribution is 5.82. The molecule has 0 N–H and O–H groups in total. The Hall–Kier alpha value is -3.47. The fraction of sp³-hybridized carbons (Fsp3) is 0. The molecule has 0 aromatic heterocycles. The Morgan fingerprint density at radius 2 is 1.46 bits per heavy atom.